The SMILES string of the molecule is Cn1ccc(CNc2cccc(NC(N)=O)c2)c1. The van der Waals surface area contributed by atoms with E-state index in [0.29, 0.717) is 5.69 Å². The van der Waals surface area contributed by atoms with Crippen LogP contribution in [0.4, 0.5) is 16.2 Å². The molecule has 0 aliphatic carbocycles. The Labute approximate surface area is 106 Å². The van der Waals surface area contributed by atoms with Crippen molar-refractivity contribution in [3.05, 3.63) is 48.3 Å². The van der Waals surface area contributed by atoms with E-state index in [4.69, 9.17) is 5.73 Å². The van der Waals surface area contributed by atoms with Crippen molar-refractivity contribution in [1.82, 2.24) is 4.57 Å². The standard InChI is InChI=1S/C13H16N4O/c1-17-6-5-10(9-17)8-15-11-3-2-4-12(7-11)16-13(14)18/h2-7,9,15H,8H2,1H3,(H3,14,16,18). The summed E-state index contributed by atoms with van der Waals surface area (Å²) in [5, 5.41) is 5.82. The number of aromatic nitrogens is 1. The van der Waals surface area contributed by atoms with Gasteiger partial charge in [-0.3, -0.25) is 0 Å². The van der Waals surface area contributed by atoms with E-state index in [1.165, 1.54) is 5.56 Å². The van der Waals surface area contributed by atoms with Crippen LogP contribution < -0.4 is 16.4 Å². The fraction of sp³-hybridized carbons (Fsp3) is 0.154. The molecule has 2 amide bonds. The second-order valence-corrected chi connectivity index (χ2v) is 4.11. The Bertz CT molecular complexity index is 547. The van der Waals surface area contributed by atoms with E-state index in [0.717, 1.165) is 12.2 Å². The van der Waals surface area contributed by atoms with Crippen LogP contribution in [0.25, 0.3) is 0 Å². The number of nitrogens with one attached hydrogen (secondary N) is 2. The number of aryl methyl sites for hydroxylation is 1. The summed E-state index contributed by atoms with van der Waals surface area (Å²) in [6.45, 7) is 0.737. The Morgan fingerprint density at radius 1 is 1.33 bits per heavy atom. The van der Waals surface area contributed by atoms with Crippen molar-refractivity contribution in [2.75, 3.05) is 10.6 Å². The molecule has 5 heteroatoms. The molecule has 0 radical (unpaired) electrons. The van der Waals surface area contributed by atoms with Crippen molar-refractivity contribution in [3.63, 3.8) is 0 Å². The number of carbonyl (C=O) groups is 1. The molecule has 2 rings (SSSR count). The monoisotopic (exact) mass is 244 g/mol. The molecule has 0 atom stereocenters. The van der Waals surface area contributed by atoms with Gasteiger partial charge in [0, 0.05) is 37.4 Å². The summed E-state index contributed by atoms with van der Waals surface area (Å²) >= 11 is 0. The number of primary amides is 1. The van der Waals surface area contributed by atoms with Crippen LogP contribution in [-0.2, 0) is 13.6 Å². The summed E-state index contributed by atoms with van der Waals surface area (Å²) < 4.78 is 2.00. The van der Waals surface area contributed by atoms with Crippen LogP contribution in [0.5, 0.6) is 0 Å². The molecule has 0 aliphatic rings. The fourth-order valence-electron chi connectivity index (χ4n) is 1.72. The Kier molecular flexibility index (Phi) is 3.52. The summed E-state index contributed by atoms with van der Waals surface area (Å²) in [6.07, 6.45) is 4.06. The molecule has 1 aromatic heterocycles. The smallest absolute Gasteiger partial charge is 0.316 e. The lowest BCUT2D eigenvalue weighted by Crippen LogP contribution is -2.19. The van der Waals surface area contributed by atoms with Gasteiger partial charge in [0.15, 0.2) is 0 Å². The number of hydrogen-bond donors (Lipinski definition) is 3. The minimum Gasteiger partial charge on any atom is -0.381 e. The molecular formula is C13H16N4O. The Hall–Kier alpha value is -2.43. The molecule has 0 aliphatic heterocycles. The Morgan fingerprint density at radius 2 is 2.11 bits per heavy atom. The Balaban J connectivity index is 1.98. The number of nitrogens with two attached hydrogens (primary N) is 1. The first-order chi connectivity index (χ1) is 8.63. The number of carbonyl (C=O) groups excluding carboxylic acids is 1. The summed E-state index contributed by atoms with van der Waals surface area (Å²) in [4.78, 5) is 10.8. The van der Waals surface area contributed by atoms with Gasteiger partial charge in [-0.1, -0.05) is 6.07 Å². The van der Waals surface area contributed by atoms with Crippen molar-refractivity contribution in [2.24, 2.45) is 12.8 Å². The number of rotatable bonds is 4. The Morgan fingerprint density at radius 3 is 2.78 bits per heavy atom. The average molecular weight is 244 g/mol. The number of nitrogens with zero attached hydrogens (tertiary/aromatic N) is 1. The predicted octanol–water partition coefficient (Wildman–Crippen LogP) is 2.13. The van der Waals surface area contributed by atoms with Crippen LogP contribution in [0.2, 0.25) is 0 Å². The molecule has 0 saturated heterocycles. The maximum Gasteiger partial charge on any atom is 0.316 e. The van der Waals surface area contributed by atoms with Gasteiger partial charge in [0.25, 0.3) is 0 Å². The third-order valence-corrected chi connectivity index (χ3v) is 2.52. The molecular weight excluding hydrogens is 228 g/mol. The van der Waals surface area contributed by atoms with E-state index in [9.17, 15) is 4.79 Å². The number of hydrogen-bond acceptors (Lipinski definition) is 2. The van der Waals surface area contributed by atoms with E-state index in [-0.39, 0.29) is 0 Å². The van der Waals surface area contributed by atoms with Crippen molar-refractivity contribution < 1.29 is 4.79 Å². The molecule has 1 aromatic carbocycles. The highest BCUT2D eigenvalue weighted by Crippen LogP contribution is 2.15. The molecule has 0 fully saturated rings. The summed E-state index contributed by atoms with van der Waals surface area (Å²) in [7, 11) is 1.99. The lowest BCUT2D eigenvalue weighted by molar-refractivity contribution is 0.259. The van der Waals surface area contributed by atoms with Gasteiger partial charge < -0.3 is 20.9 Å². The van der Waals surface area contributed by atoms with Crippen molar-refractivity contribution in [1.29, 1.82) is 0 Å². The largest absolute Gasteiger partial charge is 0.381 e. The number of amides is 2. The van der Waals surface area contributed by atoms with Crippen LogP contribution in [0.3, 0.4) is 0 Å². The fourth-order valence-corrected chi connectivity index (χ4v) is 1.72. The van der Waals surface area contributed by atoms with Gasteiger partial charge in [-0.2, -0.15) is 0 Å². The molecule has 0 bridgehead atoms. The molecule has 0 spiro atoms. The van der Waals surface area contributed by atoms with E-state index < -0.39 is 6.03 Å². The second kappa shape index (κ2) is 5.27. The quantitative estimate of drug-likeness (QED) is 0.771. The first-order valence-electron chi connectivity index (χ1n) is 5.65. The molecule has 1 heterocycles. The third kappa shape index (κ3) is 3.28. The lowest BCUT2D eigenvalue weighted by Gasteiger charge is -2.07. The zero-order valence-electron chi connectivity index (χ0n) is 10.2. The van der Waals surface area contributed by atoms with E-state index in [2.05, 4.69) is 22.9 Å². The van der Waals surface area contributed by atoms with Crippen LogP contribution in [0.1, 0.15) is 5.56 Å². The first-order valence-corrected chi connectivity index (χ1v) is 5.65. The van der Waals surface area contributed by atoms with Gasteiger partial charge in [0.1, 0.15) is 0 Å². The van der Waals surface area contributed by atoms with Crippen LogP contribution >= 0.6 is 0 Å². The summed E-state index contributed by atoms with van der Waals surface area (Å²) in [6, 6.07) is 8.92. The van der Waals surface area contributed by atoms with Crippen LogP contribution in [-0.4, -0.2) is 10.6 Å². The molecule has 18 heavy (non-hydrogen) atoms. The zero-order valence-corrected chi connectivity index (χ0v) is 10.2. The maximum atomic E-state index is 10.8. The van der Waals surface area contributed by atoms with Crippen molar-refractivity contribution in [2.45, 2.75) is 6.54 Å². The molecule has 2 aromatic rings. The van der Waals surface area contributed by atoms with Gasteiger partial charge >= 0.3 is 6.03 Å². The summed E-state index contributed by atoms with van der Waals surface area (Å²) in [5.74, 6) is 0. The number of anilines is 2. The topological polar surface area (TPSA) is 72.1 Å². The number of benzene rings is 1. The minimum atomic E-state index is -0.560. The van der Waals surface area contributed by atoms with Gasteiger partial charge in [-0.25, -0.2) is 4.79 Å². The first kappa shape index (κ1) is 12.0. The van der Waals surface area contributed by atoms with Gasteiger partial charge in [-0.05, 0) is 29.8 Å². The molecule has 94 valence electrons. The van der Waals surface area contributed by atoms with Crippen molar-refractivity contribution >= 4 is 17.4 Å². The molecule has 0 saturated carbocycles. The zero-order chi connectivity index (χ0) is 13.0. The van der Waals surface area contributed by atoms with Gasteiger partial charge in [-0.15, -0.1) is 0 Å². The normalized spacial score (nSPS) is 10.1. The summed E-state index contributed by atoms with van der Waals surface area (Å²) in [5.41, 5.74) is 7.89. The van der Waals surface area contributed by atoms with Gasteiger partial charge in [0.05, 0.1) is 0 Å². The highest BCUT2D eigenvalue weighted by Gasteiger charge is 1.99. The average Bonchev–Trinajstić information content (AvgIpc) is 2.72. The lowest BCUT2D eigenvalue weighted by atomic mass is 10.2. The van der Waals surface area contributed by atoms with Crippen LogP contribution in [0.15, 0.2) is 42.7 Å². The molecule has 5 nitrogen and oxygen atoms in total. The molecule has 4 N–H and O–H groups in total. The maximum absolute atomic E-state index is 10.8. The van der Waals surface area contributed by atoms with E-state index in [1.54, 1.807) is 6.07 Å². The molecule has 0 unspecified atom stereocenters. The second-order valence-electron chi connectivity index (χ2n) is 4.11. The number of urea groups is 1. The van der Waals surface area contributed by atoms with E-state index in [1.807, 2.05) is 36.0 Å². The predicted molar refractivity (Wildman–Crippen MR) is 72.4 cm³/mol. The van der Waals surface area contributed by atoms with Gasteiger partial charge in [0.2, 0.25) is 0 Å². The van der Waals surface area contributed by atoms with Crippen LogP contribution in [0, 0.1) is 0 Å². The highest BCUT2D eigenvalue weighted by atomic mass is 16.2. The van der Waals surface area contributed by atoms with Crippen molar-refractivity contribution in [3.8, 4) is 0 Å². The third-order valence-electron chi connectivity index (χ3n) is 2.52. The minimum absolute atomic E-state index is 0.560. The highest BCUT2D eigenvalue weighted by molar-refractivity contribution is 5.88. The van der Waals surface area contributed by atoms with E-state index >= 15 is 0 Å².